The van der Waals surface area contributed by atoms with Crippen molar-refractivity contribution in [2.75, 3.05) is 18.6 Å². The summed E-state index contributed by atoms with van der Waals surface area (Å²) in [5.41, 5.74) is 0. The molecular weight excluding hydrogens is 306 g/mol. The van der Waals surface area contributed by atoms with E-state index in [1.54, 1.807) is 12.1 Å². The molecule has 0 bridgehead atoms. The second-order valence-electron chi connectivity index (χ2n) is 5.56. The van der Waals surface area contributed by atoms with Gasteiger partial charge in [0.1, 0.15) is 0 Å². The molecule has 0 heterocycles. The van der Waals surface area contributed by atoms with E-state index in [0.717, 1.165) is 13.0 Å². The largest absolute Gasteiger partial charge is 0.313 e. The number of sulfone groups is 1. The summed E-state index contributed by atoms with van der Waals surface area (Å²) >= 11 is 0. The van der Waals surface area contributed by atoms with Gasteiger partial charge in [-0.05, 0) is 43.1 Å². The van der Waals surface area contributed by atoms with E-state index in [4.69, 9.17) is 0 Å². The highest BCUT2D eigenvalue weighted by atomic mass is 32.2. The van der Waals surface area contributed by atoms with Crippen molar-refractivity contribution in [3.8, 4) is 0 Å². The molecule has 1 rings (SSSR count). The van der Waals surface area contributed by atoms with Crippen LogP contribution < -0.4 is 5.32 Å². The molecule has 1 aromatic rings. The molecule has 2 unspecified atom stereocenters. The van der Waals surface area contributed by atoms with E-state index >= 15 is 0 Å². The fourth-order valence-electron chi connectivity index (χ4n) is 1.91. The van der Waals surface area contributed by atoms with Gasteiger partial charge in [-0.15, -0.1) is 0 Å². The lowest BCUT2D eigenvalue weighted by molar-refractivity contribution is 0.431. The maximum absolute atomic E-state index is 12.4. The molecule has 2 atom stereocenters. The zero-order chi connectivity index (χ0) is 16.0. The third-order valence-electron chi connectivity index (χ3n) is 3.31. The molecule has 4 nitrogen and oxygen atoms in total. The smallest absolute Gasteiger partial charge is 0.175 e. The summed E-state index contributed by atoms with van der Waals surface area (Å²) in [7, 11) is -4.33. The lowest BCUT2D eigenvalue weighted by Gasteiger charge is -2.21. The van der Waals surface area contributed by atoms with Crippen molar-refractivity contribution in [2.45, 2.75) is 43.0 Å². The fraction of sp³-hybridized carbons (Fsp3) is 0.600. The Morgan fingerprint density at radius 3 is 2.19 bits per heavy atom. The lowest BCUT2D eigenvalue weighted by atomic mass is 10.1. The Morgan fingerprint density at radius 1 is 1.19 bits per heavy atom. The van der Waals surface area contributed by atoms with Gasteiger partial charge in [-0.25, -0.2) is 8.42 Å². The first-order valence-corrected chi connectivity index (χ1v) is 10.4. The second-order valence-corrected chi connectivity index (χ2v) is 9.07. The van der Waals surface area contributed by atoms with Gasteiger partial charge >= 0.3 is 0 Å². The highest BCUT2D eigenvalue weighted by molar-refractivity contribution is 7.90. The van der Waals surface area contributed by atoms with Crippen LogP contribution in [0.2, 0.25) is 0 Å². The van der Waals surface area contributed by atoms with Crippen molar-refractivity contribution in [1.82, 2.24) is 5.32 Å². The molecule has 0 saturated carbocycles. The third kappa shape index (κ3) is 5.88. The van der Waals surface area contributed by atoms with Crippen molar-refractivity contribution in [1.29, 1.82) is 0 Å². The Labute approximate surface area is 130 Å². The van der Waals surface area contributed by atoms with Gasteiger partial charge < -0.3 is 5.32 Å². The molecule has 0 aliphatic rings. The summed E-state index contributed by atoms with van der Waals surface area (Å²) in [5.74, 6) is 0.936. The minimum absolute atomic E-state index is 0.195. The molecule has 0 spiro atoms. The number of benzene rings is 1. The fourth-order valence-corrected chi connectivity index (χ4v) is 4.01. The Morgan fingerprint density at radius 2 is 1.76 bits per heavy atom. The average molecular weight is 332 g/mol. The average Bonchev–Trinajstić information content (AvgIpc) is 2.42. The van der Waals surface area contributed by atoms with E-state index in [0.29, 0.717) is 16.6 Å². The Hall–Kier alpha value is -0.720. The zero-order valence-electron chi connectivity index (χ0n) is 13.1. The van der Waals surface area contributed by atoms with Crippen LogP contribution in [0.25, 0.3) is 0 Å². The molecule has 0 aromatic heterocycles. The van der Waals surface area contributed by atoms with E-state index in [1.807, 2.05) is 0 Å². The molecular formula is C15H25NO3S2. The zero-order valence-corrected chi connectivity index (χ0v) is 14.8. The summed E-state index contributed by atoms with van der Waals surface area (Å²) in [6.07, 6.45) is 2.21. The van der Waals surface area contributed by atoms with E-state index in [1.165, 1.54) is 18.4 Å². The van der Waals surface area contributed by atoms with Crippen molar-refractivity contribution in [3.63, 3.8) is 0 Å². The predicted octanol–water partition coefficient (Wildman–Crippen LogP) is 2.22. The van der Waals surface area contributed by atoms with Crippen molar-refractivity contribution in [2.24, 2.45) is 5.92 Å². The summed E-state index contributed by atoms with van der Waals surface area (Å²) in [6, 6.07) is 6.52. The van der Waals surface area contributed by atoms with Gasteiger partial charge in [-0.3, -0.25) is 4.21 Å². The Bertz CT molecular complexity index is 565. The van der Waals surface area contributed by atoms with Gasteiger partial charge in [0.25, 0.3) is 0 Å². The minimum Gasteiger partial charge on any atom is -0.313 e. The van der Waals surface area contributed by atoms with Crippen LogP contribution in [-0.4, -0.2) is 37.2 Å². The standard InChI is InChI=1S/C15H25NO3S2/c1-5-10-16-15(12(2)3)11-20(17)13-6-8-14(9-7-13)21(4,18)19/h6-9,12,15-16H,5,10-11H2,1-4H3. The van der Waals surface area contributed by atoms with Gasteiger partial charge in [0.2, 0.25) is 0 Å². The van der Waals surface area contributed by atoms with Crippen LogP contribution in [0, 0.1) is 5.92 Å². The first-order chi connectivity index (χ1) is 9.75. The SMILES string of the molecule is CCCNC(CS(=O)c1ccc(S(C)(=O)=O)cc1)C(C)C. The Kier molecular flexibility index (Phi) is 7.03. The van der Waals surface area contributed by atoms with Gasteiger partial charge in [0.05, 0.1) is 15.7 Å². The molecule has 0 aliphatic heterocycles. The molecule has 120 valence electrons. The van der Waals surface area contributed by atoms with Crippen LogP contribution in [-0.2, 0) is 20.6 Å². The summed E-state index contributed by atoms with van der Waals surface area (Å²) in [5, 5.41) is 3.42. The van der Waals surface area contributed by atoms with Crippen LogP contribution in [0.3, 0.4) is 0 Å². The molecule has 1 aromatic carbocycles. The number of nitrogens with one attached hydrogen (secondary N) is 1. The quantitative estimate of drug-likeness (QED) is 0.793. The predicted molar refractivity (Wildman–Crippen MR) is 87.7 cm³/mol. The van der Waals surface area contributed by atoms with E-state index < -0.39 is 20.6 Å². The van der Waals surface area contributed by atoms with Crippen molar-refractivity contribution in [3.05, 3.63) is 24.3 Å². The third-order valence-corrected chi connectivity index (χ3v) is 5.90. The summed E-state index contributed by atoms with van der Waals surface area (Å²) in [4.78, 5) is 0.930. The van der Waals surface area contributed by atoms with E-state index in [2.05, 4.69) is 26.1 Å². The summed E-state index contributed by atoms with van der Waals surface area (Å²) < 4.78 is 35.2. The van der Waals surface area contributed by atoms with Gasteiger partial charge in [-0.2, -0.15) is 0 Å². The second kappa shape index (κ2) is 8.06. The lowest BCUT2D eigenvalue weighted by Crippen LogP contribution is -2.38. The van der Waals surface area contributed by atoms with E-state index in [9.17, 15) is 12.6 Å². The van der Waals surface area contributed by atoms with Gasteiger partial charge in [0.15, 0.2) is 9.84 Å². The van der Waals surface area contributed by atoms with Gasteiger partial charge in [0, 0.05) is 22.9 Å². The maximum Gasteiger partial charge on any atom is 0.175 e. The van der Waals surface area contributed by atoms with E-state index in [-0.39, 0.29) is 10.9 Å². The number of hydrogen-bond donors (Lipinski definition) is 1. The maximum atomic E-state index is 12.4. The van der Waals surface area contributed by atoms with Gasteiger partial charge in [-0.1, -0.05) is 20.8 Å². The number of hydrogen-bond acceptors (Lipinski definition) is 4. The molecule has 6 heteroatoms. The highest BCUT2D eigenvalue weighted by Gasteiger charge is 2.17. The highest BCUT2D eigenvalue weighted by Crippen LogP contribution is 2.15. The molecule has 1 N–H and O–H groups in total. The first kappa shape index (κ1) is 18.3. The molecule has 0 radical (unpaired) electrons. The van der Waals surface area contributed by atoms with Crippen molar-refractivity contribution < 1.29 is 12.6 Å². The molecule has 0 amide bonds. The van der Waals surface area contributed by atoms with Crippen molar-refractivity contribution >= 4 is 20.6 Å². The van der Waals surface area contributed by atoms with Crippen LogP contribution in [0.4, 0.5) is 0 Å². The number of rotatable bonds is 8. The van der Waals surface area contributed by atoms with Crippen LogP contribution in [0.15, 0.2) is 34.1 Å². The summed E-state index contributed by atoms with van der Waals surface area (Å²) in [6.45, 7) is 7.23. The Balaban J connectivity index is 2.78. The molecule has 21 heavy (non-hydrogen) atoms. The van der Waals surface area contributed by atoms with Crippen LogP contribution in [0.5, 0.6) is 0 Å². The topological polar surface area (TPSA) is 63.2 Å². The van der Waals surface area contributed by atoms with Crippen LogP contribution in [0.1, 0.15) is 27.2 Å². The monoisotopic (exact) mass is 331 g/mol. The molecule has 0 aliphatic carbocycles. The van der Waals surface area contributed by atoms with Crippen LogP contribution >= 0.6 is 0 Å². The molecule has 0 fully saturated rings. The normalized spacial score (nSPS) is 15.1. The molecule has 0 saturated heterocycles. The minimum atomic E-state index is -3.21. The first-order valence-electron chi connectivity index (χ1n) is 7.17.